The van der Waals surface area contributed by atoms with Crippen LogP contribution in [0.2, 0.25) is 0 Å². The molecule has 0 aliphatic carbocycles. The molecule has 0 aromatic rings. The van der Waals surface area contributed by atoms with Crippen LogP contribution in [0.5, 0.6) is 0 Å². The second-order valence-electron chi connectivity index (χ2n) is 3.81. The van der Waals surface area contributed by atoms with Gasteiger partial charge in [-0.3, -0.25) is 4.79 Å². The summed E-state index contributed by atoms with van der Waals surface area (Å²) in [4.78, 5) is 10.8. The van der Waals surface area contributed by atoms with Crippen molar-refractivity contribution < 1.29 is 9.53 Å². The van der Waals surface area contributed by atoms with Crippen LogP contribution in [0.4, 0.5) is 0 Å². The Morgan fingerprint density at radius 2 is 2.07 bits per heavy atom. The van der Waals surface area contributed by atoms with Crippen LogP contribution in [0.1, 0.15) is 40.0 Å². The largest absolute Gasteiger partial charge is 0.469 e. The van der Waals surface area contributed by atoms with E-state index in [4.69, 9.17) is 0 Å². The molecule has 14 heavy (non-hydrogen) atoms. The molecule has 1 N–H and O–H groups in total. The van der Waals surface area contributed by atoms with Crippen LogP contribution in [0.3, 0.4) is 0 Å². The highest BCUT2D eigenvalue weighted by molar-refractivity contribution is 5.69. The first-order valence-electron chi connectivity index (χ1n) is 5.42. The Bertz CT molecular complexity index is 159. The molecule has 0 amide bonds. The van der Waals surface area contributed by atoms with Gasteiger partial charge in [-0.1, -0.05) is 20.3 Å². The van der Waals surface area contributed by atoms with E-state index < -0.39 is 0 Å². The van der Waals surface area contributed by atoms with Gasteiger partial charge in [-0.25, -0.2) is 0 Å². The zero-order valence-electron chi connectivity index (χ0n) is 9.80. The topological polar surface area (TPSA) is 38.3 Å². The van der Waals surface area contributed by atoms with E-state index >= 15 is 0 Å². The van der Waals surface area contributed by atoms with Gasteiger partial charge in [0.1, 0.15) is 0 Å². The van der Waals surface area contributed by atoms with Crippen molar-refractivity contribution in [3.8, 4) is 0 Å². The fraction of sp³-hybridized carbons (Fsp3) is 0.909. The molecule has 0 saturated carbocycles. The van der Waals surface area contributed by atoms with Gasteiger partial charge < -0.3 is 10.1 Å². The summed E-state index contributed by atoms with van der Waals surface area (Å²) in [5.74, 6) is 0.566. The lowest BCUT2D eigenvalue weighted by molar-refractivity contribution is -0.140. The molecule has 0 fully saturated rings. The van der Waals surface area contributed by atoms with E-state index in [-0.39, 0.29) is 5.97 Å². The summed E-state index contributed by atoms with van der Waals surface area (Å²) in [5, 5.41) is 3.40. The van der Waals surface area contributed by atoms with Crippen LogP contribution in [-0.2, 0) is 9.53 Å². The average molecular weight is 201 g/mol. The van der Waals surface area contributed by atoms with Crippen molar-refractivity contribution in [1.82, 2.24) is 5.32 Å². The zero-order chi connectivity index (χ0) is 11.0. The van der Waals surface area contributed by atoms with Gasteiger partial charge in [0, 0.05) is 12.5 Å². The fourth-order valence-electron chi connectivity index (χ4n) is 1.22. The van der Waals surface area contributed by atoms with E-state index in [0.717, 1.165) is 13.0 Å². The molecule has 0 spiro atoms. The highest BCUT2D eigenvalue weighted by Crippen LogP contribution is 2.06. The van der Waals surface area contributed by atoms with Crippen LogP contribution >= 0.6 is 0 Å². The molecule has 0 aliphatic rings. The Balaban J connectivity index is 3.40. The van der Waals surface area contributed by atoms with Gasteiger partial charge in [0.15, 0.2) is 0 Å². The lowest BCUT2D eigenvalue weighted by Crippen LogP contribution is -2.32. The SMILES string of the molecule is CCC(C)C(C)NCCCC(=O)OC. The highest BCUT2D eigenvalue weighted by atomic mass is 16.5. The minimum absolute atomic E-state index is 0.122. The smallest absolute Gasteiger partial charge is 0.305 e. The molecule has 0 aromatic heterocycles. The van der Waals surface area contributed by atoms with Gasteiger partial charge in [0.2, 0.25) is 0 Å². The third kappa shape index (κ3) is 5.97. The summed E-state index contributed by atoms with van der Waals surface area (Å²) in [5.41, 5.74) is 0. The maximum Gasteiger partial charge on any atom is 0.305 e. The van der Waals surface area contributed by atoms with Crippen molar-refractivity contribution in [1.29, 1.82) is 0 Å². The van der Waals surface area contributed by atoms with Crippen molar-refractivity contribution in [2.45, 2.75) is 46.1 Å². The molecule has 2 unspecified atom stereocenters. The average Bonchev–Trinajstić information content (AvgIpc) is 2.22. The minimum atomic E-state index is -0.122. The van der Waals surface area contributed by atoms with Crippen molar-refractivity contribution in [2.24, 2.45) is 5.92 Å². The molecule has 0 radical (unpaired) electrons. The van der Waals surface area contributed by atoms with Gasteiger partial charge >= 0.3 is 5.97 Å². The Hall–Kier alpha value is -0.570. The van der Waals surface area contributed by atoms with Gasteiger partial charge in [0.05, 0.1) is 7.11 Å². The summed E-state index contributed by atoms with van der Waals surface area (Å²) in [6.45, 7) is 7.50. The van der Waals surface area contributed by atoms with E-state index in [1.807, 2.05) is 0 Å². The molecule has 84 valence electrons. The molecule has 0 aliphatic heterocycles. The maximum atomic E-state index is 10.8. The van der Waals surface area contributed by atoms with Crippen molar-refractivity contribution in [2.75, 3.05) is 13.7 Å². The van der Waals surface area contributed by atoms with Crippen LogP contribution in [0, 0.1) is 5.92 Å². The van der Waals surface area contributed by atoms with Crippen LogP contribution in [-0.4, -0.2) is 25.7 Å². The van der Waals surface area contributed by atoms with Gasteiger partial charge in [-0.2, -0.15) is 0 Å². The molecule has 3 heteroatoms. The van der Waals surface area contributed by atoms with E-state index in [9.17, 15) is 4.79 Å². The quantitative estimate of drug-likeness (QED) is 0.505. The number of hydrogen-bond acceptors (Lipinski definition) is 3. The second kappa shape index (κ2) is 7.80. The molecular formula is C11H23NO2. The third-order valence-corrected chi connectivity index (χ3v) is 2.75. The summed E-state index contributed by atoms with van der Waals surface area (Å²) < 4.78 is 4.56. The number of nitrogens with one attached hydrogen (secondary N) is 1. The maximum absolute atomic E-state index is 10.8. The Labute approximate surface area is 87.2 Å². The number of hydrogen-bond donors (Lipinski definition) is 1. The lowest BCUT2D eigenvalue weighted by atomic mass is 10.0. The van der Waals surface area contributed by atoms with Crippen molar-refractivity contribution >= 4 is 5.97 Å². The Kier molecular flexibility index (Phi) is 7.48. The summed E-state index contributed by atoms with van der Waals surface area (Å²) in [6.07, 6.45) is 2.55. The molecule has 0 rings (SSSR count). The standard InChI is InChI=1S/C11H23NO2/c1-5-9(2)10(3)12-8-6-7-11(13)14-4/h9-10,12H,5-8H2,1-4H3. The van der Waals surface area contributed by atoms with E-state index in [1.165, 1.54) is 13.5 Å². The minimum Gasteiger partial charge on any atom is -0.469 e. The number of carbonyl (C=O) groups is 1. The molecule has 0 aromatic carbocycles. The fourth-order valence-corrected chi connectivity index (χ4v) is 1.22. The van der Waals surface area contributed by atoms with Crippen molar-refractivity contribution in [3.05, 3.63) is 0 Å². The number of carbonyl (C=O) groups excluding carboxylic acids is 1. The molecule has 3 nitrogen and oxygen atoms in total. The van der Waals surface area contributed by atoms with E-state index in [1.54, 1.807) is 0 Å². The summed E-state index contributed by atoms with van der Waals surface area (Å²) in [7, 11) is 1.43. The predicted molar refractivity (Wildman–Crippen MR) is 58.2 cm³/mol. The molecular weight excluding hydrogens is 178 g/mol. The van der Waals surface area contributed by atoms with Crippen LogP contribution in [0.25, 0.3) is 0 Å². The first kappa shape index (κ1) is 13.4. The number of ether oxygens (including phenoxy) is 1. The second-order valence-corrected chi connectivity index (χ2v) is 3.81. The molecule has 0 saturated heterocycles. The van der Waals surface area contributed by atoms with Gasteiger partial charge in [-0.15, -0.1) is 0 Å². The molecule has 2 atom stereocenters. The van der Waals surface area contributed by atoms with Crippen LogP contribution in [0.15, 0.2) is 0 Å². The van der Waals surface area contributed by atoms with Gasteiger partial charge in [0.25, 0.3) is 0 Å². The Morgan fingerprint density at radius 1 is 1.43 bits per heavy atom. The number of methoxy groups -OCH3 is 1. The van der Waals surface area contributed by atoms with Crippen molar-refractivity contribution in [3.63, 3.8) is 0 Å². The number of esters is 1. The Morgan fingerprint density at radius 3 is 2.57 bits per heavy atom. The normalized spacial score (nSPS) is 14.9. The molecule has 0 bridgehead atoms. The summed E-state index contributed by atoms with van der Waals surface area (Å²) >= 11 is 0. The highest BCUT2D eigenvalue weighted by Gasteiger charge is 2.08. The molecule has 0 heterocycles. The van der Waals surface area contributed by atoms with Crippen LogP contribution < -0.4 is 5.32 Å². The summed E-state index contributed by atoms with van der Waals surface area (Å²) in [6, 6.07) is 0.526. The van der Waals surface area contributed by atoms with E-state index in [2.05, 4.69) is 30.8 Å². The van der Waals surface area contributed by atoms with E-state index in [0.29, 0.717) is 18.4 Å². The number of rotatable bonds is 7. The first-order chi connectivity index (χ1) is 6.61. The van der Waals surface area contributed by atoms with Gasteiger partial charge in [-0.05, 0) is 25.8 Å². The predicted octanol–water partition coefficient (Wildman–Crippen LogP) is 1.96. The monoisotopic (exact) mass is 201 g/mol. The zero-order valence-corrected chi connectivity index (χ0v) is 9.80. The lowest BCUT2D eigenvalue weighted by Gasteiger charge is -2.19. The third-order valence-electron chi connectivity index (χ3n) is 2.75. The first-order valence-corrected chi connectivity index (χ1v) is 5.42.